The van der Waals surface area contributed by atoms with Gasteiger partial charge in [-0.2, -0.15) is 0 Å². The third-order valence-electron chi connectivity index (χ3n) is 3.45. The highest BCUT2D eigenvalue weighted by atomic mass is 79.9. The van der Waals surface area contributed by atoms with Crippen LogP contribution in [-0.4, -0.2) is 29.5 Å². The van der Waals surface area contributed by atoms with E-state index in [1.54, 1.807) is 0 Å². The van der Waals surface area contributed by atoms with Crippen molar-refractivity contribution in [1.29, 1.82) is 0 Å². The first kappa shape index (κ1) is 13.5. The zero-order valence-corrected chi connectivity index (χ0v) is 13.0. The highest BCUT2D eigenvalue weighted by Gasteiger charge is 2.35. The van der Waals surface area contributed by atoms with Gasteiger partial charge in [-0.3, -0.25) is 9.88 Å². The van der Waals surface area contributed by atoms with E-state index in [9.17, 15) is 0 Å². The average Bonchev–Trinajstić information content (AvgIpc) is 2.71. The Morgan fingerprint density at radius 2 is 2.29 bits per heavy atom. The van der Waals surface area contributed by atoms with Crippen LogP contribution in [0.2, 0.25) is 0 Å². The first-order chi connectivity index (χ1) is 8.17. The van der Waals surface area contributed by atoms with Crippen molar-refractivity contribution in [3.05, 3.63) is 26.9 Å². The van der Waals surface area contributed by atoms with E-state index < -0.39 is 0 Å². The Kier molecular flexibility index (Phi) is 4.58. The maximum atomic E-state index is 5.88. The Morgan fingerprint density at radius 1 is 1.53 bits per heavy atom. The van der Waals surface area contributed by atoms with Crippen molar-refractivity contribution in [2.75, 3.05) is 19.6 Å². The number of hydrogen-bond acceptors (Lipinski definition) is 3. The summed E-state index contributed by atoms with van der Waals surface area (Å²) in [5, 5.41) is 0. The SMILES string of the molecule is CCN1CCC(CN)C1c1ncc(Br)cc1Br. The first-order valence-corrected chi connectivity index (χ1v) is 7.51. The van der Waals surface area contributed by atoms with E-state index in [1.165, 1.54) is 6.42 Å². The molecule has 0 saturated carbocycles. The molecule has 0 spiro atoms. The van der Waals surface area contributed by atoms with Crippen LogP contribution in [0, 0.1) is 5.92 Å². The molecule has 0 bridgehead atoms. The van der Waals surface area contributed by atoms with Crippen molar-refractivity contribution in [3.63, 3.8) is 0 Å². The van der Waals surface area contributed by atoms with Gasteiger partial charge in [0.05, 0.1) is 11.7 Å². The number of nitrogens with zero attached hydrogens (tertiary/aromatic N) is 2. The number of halogens is 2. The lowest BCUT2D eigenvalue weighted by Gasteiger charge is -2.27. The van der Waals surface area contributed by atoms with Crippen molar-refractivity contribution in [2.45, 2.75) is 19.4 Å². The van der Waals surface area contributed by atoms with Gasteiger partial charge in [0.25, 0.3) is 0 Å². The average molecular weight is 363 g/mol. The van der Waals surface area contributed by atoms with Gasteiger partial charge in [0.15, 0.2) is 0 Å². The van der Waals surface area contributed by atoms with Crippen molar-refractivity contribution < 1.29 is 0 Å². The quantitative estimate of drug-likeness (QED) is 0.898. The second-order valence-corrected chi connectivity index (χ2v) is 6.15. The fraction of sp³-hybridized carbons (Fsp3) is 0.583. The fourth-order valence-electron chi connectivity index (χ4n) is 2.57. The van der Waals surface area contributed by atoms with E-state index in [-0.39, 0.29) is 0 Å². The monoisotopic (exact) mass is 361 g/mol. The smallest absolute Gasteiger partial charge is 0.0721 e. The summed E-state index contributed by atoms with van der Waals surface area (Å²) in [6.07, 6.45) is 3.03. The zero-order chi connectivity index (χ0) is 12.4. The molecule has 1 aromatic rings. The normalized spacial score (nSPS) is 25.4. The topological polar surface area (TPSA) is 42.1 Å². The standard InChI is InChI=1S/C12H17Br2N3/c1-2-17-4-3-8(6-15)12(17)11-10(14)5-9(13)7-16-11/h5,7-8,12H,2-4,6,15H2,1H3. The summed E-state index contributed by atoms with van der Waals surface area (Å²) in [4.78, 5) is 7.02. The zero-order valence-electron chi connectivity index (χ0n) is 9.87. The Balaban J connectivity index is 2.34. The van der Waals surface area contributed by atoms with Crippen LogP contribution in [0.3, 0.4) is 0 Å². The van der Waals surface area contributed by atoms with E-state index in [2.05, 4.69) is 54.7 Å². The Labute approximate surface area is 119 Å². The van der Waals surface area contributed by atoms with E-state index >= 15 is 0 Å². The van der Waals surface area contributed by atoms with Crippen molar-refractivity contribution in [3.8, 4) is 0 Å². The molecule has 1 aromatic heterocycles. The lowest BCUT2D eigenvalue weighted by atomic mass is 9.97. The Morgan fingerprint density at radius 3 is 2.88 bits per heavy atom. The first-order valence-electron chi connectivity index (χ1n) is 5.92. The molecule has 94 valence electrons. The summed E-state index contributed by atoms with van der Waals surface area (Å²) in [5.74, 6) is 0.514. The van der Waals surface area contributed by atoms with Crippen LogP contribution in [0.4, 0.5) is 0 Å². The van der Waals surface area contributed by atoms with Crippen LogP contribution in [0.15, 0.2) is 21.2 Å². The number of rotatable bonds is 3. The highest BCUT2D eigenvalue weighted by molar-refractivity contribution is 9.11. The summed E-state index contributed by atoms with van der Waals surface area (Å²) in [6.45, 7) is 5.09. The fourth-order valence-corrected chi connectivity index (χ4v) is 3.79. The van der Waals surface area contributed by atoms with E-state index in [1.807, 2.05) is 6.20 Å². The molecule has 0 aliphatic carbocycles. The molecule has 5 heteroatoms. The van der Waals surface area contributed by atoms with Crippen LogP contribution in [0.25, 0.3) is 0 Å². The minimum atomic E-state index is 0.354. The molecule has 0 radical (unpaired) electrons. The summed E-state index contributed by atoms with van der Waals surface area (Å²) in [6, 6.07) is 2.41. The molecule has 1 fully saturated rings. The van der Waals surface area contributed by atoms with Gasteiger partial charge < -0.3 is 5.73 Å². The highest BCUT2D eigenvalue weighted by Crippen LogP contribution is 2.38. The molecule has 1 aliphatic heterocycles. The molecule has 2 heterocycles. The molecular weight excluding hydrogens is 346 g/mol. The lowest BCUT2D eigenvalue weighted by molar-refractivity contribution is 0.236. The van der Waals surface area contributed by atoms with Crippen LogP contribution in [0.5, 0.6) is 0 Å². The van der Waals surface area contributed by atoms with E-state index in [4.69, 9.17) is 5.73 Å². The van der Waals surface area contributed by atoms with Crippen molar-refractivity contribution in [2.24, 2.45) is 11.7 Å². The number of pyridine rings is 1. The van der Waals surface area contributed by atoms with Gasteiger partial charge in [-0.25, -0.2) is 0 Å². The van der Waals surface area contributed by atoms with Gasteiger partial charge >= 0.3 is 0 Å². The number of likely N-dealkylation sites (tertiary alicyclic amines) is 1. The van der Waals surface area contributed by atoms with Crippen LogP contribution >= 0.6 is 31.9 Å². The van der Waals surface area contributed by atoms with Gasteiger partial charge in [-0.1, -0.05) is 6.92 Å². The van der Waals surface area contributed by atoms with Gasteiger partial charge in [-0.15, -0.1) is 0 Å². The van der Waals surface area contributed by atoms with Gasteiger partial charge in [0, 0.05) is 15.1 Å². The summed E-state index contributed by atoms with van der Waals surface area (Å²) in [7, 11) is 0. The molecule has 0 aromatic carbocycles. The number of aromatic nitrogens is 1. The largest absolute Gasteiger partial charge is 0.330 e. The molecule has 2 N–H and O–H groups in total. The third-order valence-corrected chi connectivity index (χ3v) is 4.52. The maximum absolute atomic E-state index is 5.88. The molecule has 2 unspecified atom stereocenters. The predicted octanol–water partition coefficient (Wildman–Crippen LogP) is 2.95. The van der Waals surface area contributed by atoms with Crippen molar-refractivity contribution in [1.82, 2.24) is 9.88 Å². The minimum Gasteiger partial charge on any atom is -0.330 e. The Bertz CT molecular complexity index is 385. The van der Waals surface area contributed by atoms with Gasteiger partial charge in [0.1, 0.15) is 0 Å². The molecule has 1 aliphatic rings. The molecule has 2 atom stereocenters. The lowest BCUT2D eigenvalue weighted by Crippen LogP contribution is -2.29. The number of nitrogens with two attached hydrogens (primary N) is 1. The summed E-state index contributed by atoms with van der Waals surface area (Å²) in [5.41, 5.74) is 6.99. The molecular formula is C12H17Br2N3. The third kappa shape index (κ3) is 2.72. The predicted molar refractivity (Wildman–Crippen MR) is 76.8 cm³/mol. The van der Waals surface area contributed by atoms with E-state index in [0.717, 1.165) is 34.3 Å². The second kappa shape index (κ2) is 5.78. The minimum absolute atomic E-state index is 0.354. The molecule has 1 saturated heterocycles. The second-order valence-electron chi connectivity index (χ2n) is 4.38. The van der Waals surface area contributed by atoms with Crippen LogP contribution < -0.4 is 5.73 Å². The molecule has 0 amide bonds. The molecule has 2 rings (SSSR count). The number of hydrogen-bond donors (Lipinski definition) is 1. The van der Waals surface area contributed by atoms with Crippen LogP contribution in [0.1, 0.15) is 25.1 Å². The van der Waals surface area contributed by atoms with E-state index in [0.29, 0.717) is 12.0 Å². The molecule has 17 heavy (non-hydrogen) atoms. The Hall–Kier alpha value is 0.0300. The van der Waals surface area contributed by atoms with Crippen molar-refractivity contribution >= 4 is 31.9 Å². The summed E-state index contributed by atoms with van der Waals surface area (Å²) >= 11 is 7.05. The van der Waals surface area contributed by atoms with Gasteiger partial charge in [0.2, 0.25) is 0 Å². The summed E-state index contributed by atoms with van der Waals surface area (Å²) < 4.78 is 2.06. The van der Waals surface area contributed by atoms with Gasteiger partial charge in [-0.05, 0) is 69.9 Å². The maximum Gasteiger partial charge on any atom is 0.0721 e. The molecule has 3 nitrogen and oxygen atoms in total. The van der Waals surface area contributed by atoms with Crippen LogP contribution in [-0.2, 0) is 0 Å².